The smallest absolute Gasteiger partial charge is 0.254 e. The molecule has 0 unspecified atom stereocenters. The molecule has 1 aliphatic rings. The van der Waals surface area contributed by atoms with Crippen molar-refractivity contribution in [2.75, 3.05) is 6.54 Å². The van der Waals surface area contributed by atoms with Crippen molar-refractivity contribution >= 4 is 17.5 Å². The van der Waals surface area contributed by atoms with Gasteiger partial charge in [0, 0.05) is 24.0 Å². The minimum atomic E-state index is 0.151. The molecular weight excluding hydrogens is 234 g/mol. The molecule has 17 heavy (non-hydrogen) atoms. The Hall–Kier alpha value is -1.02. The van der Waals surface area contributed by atoms with E-state index in [9.17, 15) is 4.79 Å². The van der Waals surface area contributed by atoms with Gasteiger partial charge in [-0.1, -0.05) is 12.1 Å². The van der Waals surface area contributed by atoms with E-state index in [1.54, 1.807) is 0 Å². The van der Waals surface area contributed by atoms with Crippen LogP contribution in [0.4, 0.5) is 0 Å². The maximum Gasteiger partial charge on any atom is 0.254 e. The van der Waals surface area contributed by atoms with Crippen LogP contribution in [-0.4, -0.2) is 23.4 Å². The summed E-state index contributed by atoms with van der Waals surface area (Å²) in [6.45, 7) is 3.02. The number of nitrogens with zero attached hydrogens (tertiary/aromatic N) is 1. The largest absolute Gasteiger partial charge is 0.336 e. The van der Waals surface area contributed by atoms with E-state index in [4.69, 9.17) is 11.6 Å². The van der Waals surface area contributed by atoms with Crippen LogP contribution in [0.5, 0.6) is 0 Å². The number of alkyl halides is 1. The van der Waals surface area contributed by atoms with Crippen LogP contribution >= 0.6 is 11.6 Å². The van der Waals surface area contributed by atoms with E-state index in [-0.39, 0.29) is 5.91 Å². The van der Waals surface area contributed by atoms with Gasteiger partial charge in [0.05, 0.1) is 0 Å². The standard InChI is InChI=1S/C14H18ClNO/c1-11-4-2-3-9-16(11)14(17)13-7-5-12(10-15)6-8-13/h5-8,11H,2-4,9-10H2,1H3/t11-/m1/s1. The lowest BCUT2D eigenvalue weighted by atomic mass is 10.0. The molecule has 1 amide bonds. The normalized spacial score (nSPS) is 20.4. The lowest BCUT2D eigenvalue weighted by Gasteiger charge is -2.33. The molecular formula is C14H18ClNO. The average molecular weight is 252 g/mol. The van der Waals surface area contributed by atoms with Crippen molar-refractivity contribution in [3.8, 4) is 0 Å². The van der Waals surface area contributed by atoms with E-state index in [2.05, 4.69) is 6.92 Å². The quantitative estimate of drug-likeness (QED) is 0.738. The maximum atomic E-state index is 12.3. The summed E-state index contributed by atoms with van der Waals surface area (Å²) in [6, 6.07) is 7.97. The first-order valence-corrected chi connectivity index (χ1v) is 6.71. The van der Waals surface area contributed by atoms with Crippen molar-refractivity contribution in [1.82, 2.24) is 4.90 Å². The Labute approximate surface area is 108 Å². The van der Waals surface area contributed by atoms with E-state index in [0.717, 1.165) is 30.5 Å². The lowest BCUT2D eigenvalue weighted by molar-refractivity contribution is 0.0635. The summed E-state index contributed by atoms with van der Waals surface area (Å²) >= 11 is 5.74. The van der Waals surface area contributed by atoms with Crippen LogP contribution in [0.25, 0.3) is 0 Å². The molecule has 0 aromatic heterocycles. The second kappa shape index (κ2) is 5.54. The molecule has 1 aromatic carbocycles. The highest BCUT2D eigenvalue weighted by Gasteiger charge is 2.23. The molecule has 1 saturated heterocycles. The number of carbonyl (C=O) groups is 1. The van der Waals surface area contributed by atoms with Gasteiger partial charge in [0.25, 0.3) is 5.91 Å². The number of hydrogen-bond acceptors (Lipinski definition) is 1. The molecule has 0 spiro atoms. The molecule has 1 aromatic rings. The summed E-state index contributed by atoms with van der Waals surface area (Å²) < 4.78 is 0. The molecule has 1 fully saturated rings. The van der Waals surface area contributed by atoms with Crippen molar-refractivity contribution in [1.29, 1.82) is 0 Å². The highest BCUT2D eigenvalue weighted by atomic mass is 35.5. The van der Waals surface area contributed by atoms with Gasteiger partial charge in [0.2, 0.25) is 0 Å². The van der Waals surface area contributed by atoms with E-state index in [0.29, 0.717) is 11.9 Å². The monoisotopic (exact) mass is 251 g/mol. The van der Waals surface area contributed by atoms with Crippen LogP contribution in [0.3, 0.4) is 0 Å². The van der Waals surface area contributed by atoms with Crippen LogP contribution < -0.4 is 0 Å². The summed E-state index contributed by atoms with van der Waals surface area (Å²) in [4.78, 5) is 14.3. The van der Waals surface area contributed by atoms with Gasteiger partial charge >= 0.3 is 0 Å². The Morgan fingerprint density at radius 1 is 1.35 bits per heavy atom. The highest BCUT2D eigenvalue weighted by molar-refractivity contribution is 6.17. The topological polar surface area (TPSA) is 20.3 Å². The second-order valence-corrected chi connectivity index (χ2v) is 4.94. The SMILES string of the molecule is C[C@@H]1CCCCN1C(=O)c1ccc(CCl)cc1. The van der Waals surface area contributed by atoms with Crippen molar-refractivity contribution < 1.29 is 4.79 Å². The highest BCUT2D eigenvalue weighted by Crippen LogP contribution is 2.19. The van der Waals surface area contributed by atoms with E-state index in [1.807, 2.05) is 29.2 Å². The molecule has 0 radical (unpaired) electrons. The van der Waals surface area contributed by atoms with Crippen LogP contribution in [0.15, 0.2) is 24.3 Å². The van der Waals surface area contributed by atoms with Gasteiger partial charge in [-0.2, -0.15) is 0 Å². The number of amides is 1. The van der Waals surface area contributed by atoms with E-state index < -0.39 is 0 Å². The van der Waals surface area contributed by atoms with Crippen molar-refractivity contribution in [2.45, 2.75) is 38.1 Å². The Morgan fingerprint density at radius 3 is 2.65 bits per heavy atom. The van der Waals surface area contributed by atoms with Crippen LogP contribution in [0, 0.1) is 0 Å². The summed E-state index contributed by atoms with van der Waals surface area (Å²) in [7, 11) is 0. The fourth-order valence-corrected chi connectivity index (χ4v) is 2.48. The predicted molar refractivity (Wildman–Crippen MR) is 70.3 cm³/mol. The molecule has 0 saturated carbocycles. The lowest BCUT2D eigenvalue weighted by Crippen LogP contribution is -2.42. The first kappa shape index (κ1) is 12.4. The molecule has 0 N–H and O–H groups in total. The summed E-state index contributed by atoms with van der Waals surface area (Å²) in [5.74, 6) is 0.646. The van der Waals surface area contributed by atoms with Gasteiger partial charge < -0.3 is 4.90 Å². The van der Waals surface area contributed by atoms with Gasteiger partial charge in [-0.15, -0.1) is 11.6 Å². The Balaban J connectivity index is 2.12. The van der Waals surface area contributed by atoms with E-state index >= 15 is 0 Å². The zero-order valence-corrected chi connectivity index (χ0v) is 10.9. The molecule has 0 bridgehead atoms. The first-order valence-electron chi connectivity index (χ1n) is 6.18. The maximum absolute atomic E-state index is 12.3. The van der Waals surface area contributed by atoms with Crippen molar-refractivity contribution in [3.63, 3.8) is 0 Å². The van der Waals surface area contributed by atoms with Gasteiger partial charge in [0.15, 0.2) is 0 Å². The van der Waals surface area contributed by atoms with Gasteiger partial charge in [-0.25, -0.2) is 0 Å². The Bertz CT molecular complexity index is 388. The Morgan fingerprint density at radius 2 is 2.06 bits per heavy atom. The fraction of sp³-hybridized carbons (Fsp3) is 0.500. The second-order valence-electron chi connectivity index (χ2n) is 4.67. The Kier molecular flexibility index (Phi) is 4.06. The summed E-state index contributed by atoms with van der Waals surface area (Å²) in [6.07, 6.45) is 3.47. The molecule has 1 heterocycles. The number of halogens is 1. The minimum absolute atomic E-state index is 0.151. The minimum Gasteiger partial charge on any atom is -0.336 e. The molecule has 92 valence electrons. The van der Waals surface area contributed by atoms with Gasteiger partial charge in [0.1, 0.15) is 0 Å². The zero-order valence-electron chi connectivity index (χ0n) is 10.2. The molecule has 2 nitrogen and oxygen atoms in total. The zero-order chi connectivity index (χ0) is 12.3. The van der Waals surface area contributed by atoms with Gasteiger partial charge in [-0.3, -0.25) is 4.79 Å². The van der Waals surface area contributed by atoms with Crippen LogP contribution in [0.1, 0.15) is 42.1 Å². The van der Waals surface area contributed by atoms with E-state index in [1.165, 1.54) is 6.42 Å². The predicted octanol–water partition coefficient (Wildman–Crippen LogP) is 3.44. The third-order valence-electron chi connectivity index (χ3n) is 3.42. The number of carbonyl (C=O) groups excluding carboxylic acids is 1. The number of piperidine rings is 1. The van der Waals surface area contributed by atoms with Gasteiger partial charge in [-0.05, 0) is 43.9 Å². The number of rotatable bonds is 2. The number of benzene rings is 1. The van der Waals surface area contributed by atoms with Crippen LogP contribution in [0.2, 0.25) is 0 Å². The molecule has 1 aliphatic heterocycles. The molecule has 1 atom stereocenters. The van der Waals surface area contributed by atoms with Crippen molar-refractivity contribution in [2.24, 2.45) is 0 Å². The number of hydrogen-bond donors (Lipinski definition) is 0. The fourth-order valence-electron chi connectivity index (χ4n) is 2.30. The molecule has 0 aliphatic carbocycles. The average Bonchev–Trinajstić information content (AvgIpc) is 2.39. The first-order chi connectivity index (χ1) is 8.22. The number of likely N-dealkylation sites (tertiary alicyclic amines) is 1. The van der Waals surface area contributed by atoms with Crippen molar-refractivity contribution in [3.05, 3.63) is 35.4 Å². The summed E-state index contributed by atoms with van der Waals surface area (Å²) in [5, 5.41) is 0. The molecule has 3 heteroatoms. The third kappa shape index (κ3) is 2.81. The summed E-state index contributed by atoms with van der Waals surface area (Å²) in [5.41, 5.74) is 1.82. The molecule has 2 rings (SSSR count). The third-order valence-corrected chi connectivity index (χ3v) is 3.73. The van der Waals surface area contributed by atoms with Crippen LogP contribution in [-0.2, 0) is 5.88 Å².